The third-order valence-corrected chi connectivity index (χ3v) is 2.93. The number of carbonyl (C=O) groups excluding carboxylic acids is 1. The highest BCUT2D eigenvalue weighted by Crippen LogP contribution is 2.26. The van der Waals surface area contributed by atoms with Gasteiger partial charge in [0.25, 0.3) is 0 Å². The SMILES string of the molecule is CC(C)(C)OC(=O)N[C@H]1C[C@H](Oc2ccc(F)cc2)C1. The molecule has 0 atom stereocenters. The smallest absolute Gasteiger partial charge is 0.407 e. The molecule has 1 amide bonds. The molecule has 1 aromatic carbocycles. The number of carbonyl (C=O) groups is 1. The highest BCUT2D eigenvalue weighted by Gasteiger charge is 2.33. The Bertz CT molecular complexity index is 461. The van der Waals surface area contributed by atoms with E-state index in [1.165, 1.54) is 12.1 Å². The summed E-state index contributed by atoms with van der Waals surface area (Å²) in [5.41, 5.74) is -0.488. The summed E-state index contributed by atoms with van der Waals surface area (Å²) in [4.78, 5) is 11.5. The second-order valence-corrected chi connectivity index (χ2v) is 6.01. The van der Waals surface area contributed by atoms with Crippen LogP contribution in [0.1, 0.15) is 33.6 Å². The highest BCUT2D eigenvalue weighted by molar-refractivity contribution is 5.68. The van der Waals surface area contributed by atoms with Crippen LogP contribution in [0.25, 0.3) is 0 Å². The van der Waals surface area contributed by atoms with Gasteiger partial charge in [0.1, 0.15) is 23.3 Å². The summed E-state index contributed by atoms with van der Waals surface area (Å²) < 4.78 is 23.6. The Morgan fingerprint density at radius 2 is 1.85 bits per heavy atom. The van der Waals surface area contributed by atoms with E-state index in [1.54, 1.807) is 12.1 Å². The molecule has 1 saturated carbocycles. The van der Waals surface area contributed by atoms with Crippen molar-refractivity contribution in [3.8, 4) is 5.75 Å². The van der Waals surface area contributed by atoms with Crippen LogP contribution in [-0.2, 0) is 4.74 Å². The predicted molar refractivity (Wildman–Crippen MR) is 73.2 cm³/mol. The molecule has 0 heterocycles. The van der Waals surface area contributed by atoms with E-state index >= 15 is 0 Å². The predicted octanol–water partition coefficient (Wildman–Crippen LogP) is 3.26. The quantitative estimate of drug-likeness (QED) is 0.925. The number of ether oxygens (including phenoxy) is 2. The summed E-state index contributed by atoms with van der Waals surface area (Å²) in [5.74, 6) is 0.363. The van der Waals surface area contributed by atoms with Gasteiger partial charge in [0.05, 0.1) is 0 Å². The molecule has 2 rings (SSSR count). The summed E-state index contributed by atoms with van der Waals surface area (Å²) in [6, 6.07) is 6.01. The van der Waals surface area contributed by atoms with Crippen LogP contribution in [0.5, 0.6) is 5.75 Å². The van der Waals surface area contributed by atoms with Gasteiger partial charge in [-0.25, -0.2) is 9.18 Å². The summed E-state index contributed by atoms with van der Waals surface area (Å²) >= 11 is 0. The number of rotatable bonds is 3. The summed E-state index contributed by atoms with van der Waals surface area (Å²) in [6.45, 7) is 5.48. The Balaban J connectivity index is 1.70. The van der Waals surface area contributed by atoms with Gasteiger partial charge in [0.2, 0.25) is 0 Å². The maximum absolute atomic E-state index is 12.7. The zero-order valence-electron chi connectivity index (χ0n) is 12.0. The van der Waals surface area contributed by atoms with E-state index in [1.807, 2.05) is 20.8 Å². The number of hydrogen-bond acceptors (Lipinski definition) is 3. The monoisotopic (exact) mass is 281 g/mol. The molecule has 4 nitrogen and oxygen atoms in total. The van der Waals surface area contributed by atoms with Crippen LogP contribution in [0.4, 0.5) is 9.18 Å². The number of benzene rings is 1. The van der Waals surface area contributed by atoms with Crippen molar-refractivity contribution < 1.29 is 18.7 Å². The van der Waals surface area contributed by atoms with Gasteiger partial charge in [-0.1, -0.05) is 0 Å². The number of nitrogens with one attached hydrogen (secondary N) is 1. The van der Waals surface area contributed by atoms with Crippen LogP contribution >= 0.6 is 0 Å². The molecule has 0 unspecified atom stereocenters. The molecule has 1 aliphatic carbocycles. The molecule has 0 aliphatic heterocycles. The molecular weight excluding hydrogens is 261 g/mol. The minimum Gasteiger partial charge on any atom is -0.490 e. The van der Waals surface area contributed by atoms with E-state index in [0.717, 1.165) is 12.8 Å². The first-order valence-electron chi connectivity index (χ1n) is 6.73. The van der Waals surface area contributed by atoms with E-state index in [4.69, 9.17) is 9.47 Å². The number of amides is 1. The van der Waals surface area contributed by atoms with Gasteiger partial charge < -0.3 is 14.8 Å². The Morgan fingerprint density at radius 3 is 2.40 bits per heavy atom. The van der Waals surface area contributed by atoms with E-state index < -0.39 is 11.7 Å². The first kappa shape index (κ1) is 14.6. The first-order valence-corrected chi connectivity index (χ1v) is 6.73. The van der Waals surface area contributed by atoms with Gasteiger partial charge in [0, 0.05) is 18.9 Å². The number of halogens is 1. The van der Waals surface area contributed by atoms with Crippen LogP contribution in [0.3, 0.4) is 0 Å². The zero-order valence-corrected chi connectivity index (χ0v) is 12.0. The van der Waals surface area contributed by atoms with Crippen LogP contribution in [0, 0.1) is 5.82 Å². The maximum Gasteiger partial charge on any atom is 0.407 e. The molecule has 0 aromatic heterocycles. The van der Waals surface area contributed by atoms with Crippen molar-refractivity contribution in [2.45, 2.75) is 51.4 Å². The Morgan fingerprint density at radius 1 is 1.25 bits per heavy atom. The molecule has 0 spiro atoms. The average molecular weight is 281 g/mol. The van der Waals surface area contributed by atoms with Gasteiger partial charge in [-0.2, -0.15) is 0 Å². The second-order valence-electron chi connectivity index (χ2n) is 6.01. The molecule has 1 aromatic rings. The highest BCUT2D eigenvalue weighted by atomic mass is 19.1. The molecule has 0 bridgehead atoms. The molecule has 20 heavy (non-hydrogen) atoms. The normalized spacial score (nSPS) is 21.8. The minimum absolute atomic E-state index is 0.0559. The van der Waals surface area contributed by atoms with Crippen molar-refractivity contribution in [3.63, 3.8) is 0 Å². The maximum atomic E-state index is 12.7. The third kappa shape index (κ3) is 4.40. The minimum atomic E-state index is -0.488. The van der Waals surface area contributed by atoms with Gasteiger partial charge in [0.15, 0.2) is 0 Å². The van der Waals surface area contributed by atoms with Crippen molar-refractivity contribution in [1.29, 1.82) is 0 Å². The second kappa shape index (κ2) is 5.69. The van der Waals surface area contributed by atoms with Crippen LogP contribution in [0.2, 0.25) is 0 Å². The summed E-state index contributed by atoms with van der Waals surface area (Å²) in [6.07, 6.45) is 1.12. The molecular formula is C15H20FNO3. The largest absolute Gasteiger partial charge is 0.490 e. The fraction of sp³-hybridized carbons (Fsp3) is 0.533. The lowest BCUT2D eigenvalue weighted by Gasteiger charge is -2.36. The van der Waals surface area contributed by atoms with Crippen molar-refractivity contribution in [1.82, 2.24) is 5.32 Å². The van der Waals surface area contributed by atoms with E-state index in [0.29, 0.717) is 5.75 Å². The third-order valence-electron chi connectivity index (χ3n) is 2.93. The van der Waals surface area contributed by atoms with Crippen molar-refractivity contribution in [3.05, 3.63) is 30.1 Å². The fourth-order valence-electron chi connectivity index (χ4n) is 1.96. The van der Waals surface area contributed by atoms with Crippen LogP contribution < -0.4 is 10.1 Å². The van der Waals surface area contributed by atoms with E-state index in [9.17, 15) is 9.18 Å². The van der Waals surface area contributed by atoms with Crippen LogP contribution in [-0.4, -0.2) is 23.8 Å². The van der Waals surface area contributed by atoms with Gasteiger partial charge >= 0.3 is 6.09 Å². The van der Waals surface area contributed by atoms with Gasteiger partial charge in [-0.3, -0.25) is 0 Å². The topological polar surface area (TPSA) is 47.6 Å². The van der Waals surface area contributed by atoms with Gasteiger partial charge in [-0.15, -0.1) is 0 Å². The lowest BCUT2D eigenvalue weighted by atomic mass is 9.89. The summed E-state index contributed by atoms with van der Waals surface area (Å²) in [7, 11) is 0. The Kier molecular flexibility index (Phi) is 4.16. The average Bonchev–Trinajstić information content (AvgIpc) is 2.26. The molecule has 1 fully saturated rings. The zero-order chi connectivity index (χ0) is 14.8. The Hall–Kier alpha value is -1.78. The van der Waals surface area contributed by atoms with Crippen LogP contribution in [0.15, 0.2) is 24.3 Å². The first-order chi connectivity index (χ1) is 9.32. The lowest BCUT2D eigenvalue weighted by Crippen LogP contribution is -2.50. The number of alkyl carbamates (subject to hydrolysis) is 1. The van der Waals surface area contributed by atoms with Crippen molar-refractivity contribution >= 4 is 6.09 Å². The fourth-order valence-corrected chi connectivity index (χ4v) is 1.96. The number of hydrogen-bond donors (Lipinski definition) is 1. The molecule has 110 valence electrons. The van der Waals surface area contributed by atoms with Gasteiger partial charge in [-0.05, 0) is 45.0 Å². The van der Waals surface area contributed by atoms with E-state index in [2.05, 4.69) is 5.32 Å². The lowest BCUT2D eigenvalue weighted by molar-refractivity contribution is 0.0362. The van der Waals surface area contributed by atoms with E-state index in [-0.39, 0.29) is 18.0 Å². The summed E-state index contributed by atoms with van der Waals surface area (Å²) in [5, 5.41) is 2.80. The molecule has 0 saturated heterocycles. The van der Waals surface area contributed by atoms with Crippen molar-refractivity contribution in [2.75, 3.05) is 0 Å². The Labute approximate surface area is 118 Å². The molecule has 1 aliphatic rings. The molecule has 5 heteroatoms. The standard InChI is InChI=1S/C15H20FNO3/c1-15(2,3)20-14(18)17-11-8-13(9-11)19-12-6-4-10(16)5-7-12/h4-7,11,13H,8-9H2,1-3H3,(H,17,18)/t11-,13-. The molecule has 1 N–H and O–H groups in total. The van der Waals surface area contributed by atoms with Crippen molar-refractivity contribution in [2.24, 2.45) is 0 Å². The molecule has 0 radical (unpaired) electrons.